The fraction of sp³-hybridized carbons (Fsp3) is 0.333. The zero-order valence-corrected chi connectivity index (χ0v) is 16.9. The summed E-state index contributed by atoms with van der Waals surface area (Å²) in [6.45, 7) is 7.28. The number of fused-ring (bicyclic) bond motifs is 1. The molecule has 0 aliphatic carbocycles. The first-order chi connectivity index (χ1) is 13.0. The molecule has 0 bridgehead atoms. The molecule has 1 amide bonds. The predicted octanol–water partition coefficient (Wildman–Crippen LogP) is 3.78. The van der Waals surface area contributed by atoms with Gasteiger partial charge in [-0.1, -0.05) is 23.5 Å². The van der Waals surface area contributed by atoms with E-state index in [2.05, 4.69) is 31.0 Å². The number of amides is 1. The van der Waals surface area contributed by atoms with Crippen LogP contribution in [-0.2, 0) is 16.1 Å². The number of methoxy groups -OCH3 is 1. The number of benzene rings is 2. The molecule has 142 valence electrons. The van der Waals surface area contributed by atoms with E-state index in [-0.39, 0.29) is 12.5 Å². The monoisotopic (exact) mass is 384 g/mol. The second-order valence-electron chi connectivity index (χ2n) is 6.54. The molecule has 0 N–H and O–H groups in total. The second kappa shape index (κ2) is 8.50. The van der Waals surface area contributed by atoms with Crippen molar-refractivity contribution in [3.63, 3.8) is 0 Å². The van der Waals surface area contributed by atoms with Gasteiger partial charge in [0.15, 0.2) is 11.4 Å². The number of hydrogen-bond acceptors (Lipinski definition) is 4. The molecule has 0 aliphatic rings. The first-order valence-electron chi connectivity index (χ1n) is 8.84. The maximum absolute atomic E-state index is 12.4. The van der Waals surface area contributed by atoms with Crippen LogP contribution in [0, 0.1) is 20.8 Å². The van der Waals surface area contributed by atoms with Crippen molar-refractivity contribution in [2.24, 2.45) is 4.99 Å². The van der Waals surface area contributed by atoms with Gasteiger partial charge in [-0.15, -0.1) is 0 Å². The van der Waals surface area contributed by atoms with Crippen molar-refractivity contribution < 1.29 is 14.3 Å². The van der Waals surface area contributed by atoms with Gasteiger partial charge in [0.1, 0.15) is 5.75 Å². The van der Waals surface area contributed by atoms with E-state index < -0.39 is 0 Å². The van der Waals surface area contributed by atoms with Gasteiger partial charge < -0.3 is 14.0 Å². The van der Waals surface area contributed by atoms with Crippen LogP contribution in [0.15, 0.2) is 41.4 Å². The van der Waals surface area contributed by atoms with Crippen LogP contribution >= 0.6 is 11.3 Å². The fourth-order valence-electron chi connectivity index (χ4n) is 2.79. The average molecular weight is 385 g/mol. The van der Waals surface area contributed by atoms with Crippen LogP contribution < -0.4 is 9.54 Å². The van der Waals surface area contributed by atoms with E-state index >= 15 is 0 Å². The summed E-state index contributed by atoms with van der Waals surface area (Å²) in [5, 5.41) is 0. The number of ether oxygens (including phenoxy) is 2. The number of carbonyl (C=O) groups is 1. The van der Waals surface area contributed by atoms with Gasteiger partial charge in [-0.05, 0) is 61.7 Å². The van der Waals surface area contributed by atoms with Gasteiger partial charge in [0, 0.05) is 13.7 Å². The Morgan fingerprint density at radius 1 is 1.15 bits per heavy atom. The first kappa shape index (κ1) is 19.3. The molecule has 0 atom stereocenters. The SMILES string of the molecule is COCCn1c(=NC(=O)COc2cccc(C)c2)sc2cc(C)c(C)cc21. The van der Waals surface area contributed by atoms with Crippen LogP contribution in [-0.4, -0.2) is 30.8 Å². The predicted molar refractivity (Wildman–Crippen MR) is 108 cm³/mol. The summed E-state index contributed by atoms with van der Waals surface area (Å²) >= 11 is 1.51. The van der Waals surface area contributed by atoms with E-state index in [1.165, 1.54) is 22.5 Å². The summed E-state index contributed by atoms with van der Waals surface area (Å²) in [4.78, 5) is 17.4. The lowest BCUT2D eigenvalue weighted by Gasteiger charge is -2.06. The molecule has 6 heteroatoms. The van der Waals surface area contributed by atoms with Crippen LogP contribution in [0.1, 0.15) is 16.7 Å². The molecule has 0 saturated heterocycles. The molecule has 0 radical (unpaired) electrons. The van der Waals surface area contributed by atoms with Gasteiger partial charge in [0.2, 0.25) is 0 Å². The minimum atomic E-state index is -0.303. The highest BCUT2D eigenvalue weighted by Crippen LogP contribution is 2.22. The van der Waals surface area contributed by atoms with Crippen molar-refractivity contribution in [2.45, 2.75) is 27.3 Å². The minimum Gasteiger partial charge on any atom is -0.484 e. The van der Waals surface area contributed by atoms with Gasteiger partial charge in [0.25, 0.3) is 5.91 Å². The maximum atomic E-state index is 12.4. The first-order valence-corrected chi connectivity index (χ1v) is 9.66. The van der Waals surface area contributed by atoms with E-state index in [0.29, 0.717) is 23.7 Å². The molecule has 0 spiro atoms. The van der Waals surface area contributed by atoms with Crippen molar-refractivity contribution in [1.29, 1.82) is 0 Å². The molecular formula is C21H24N2O3S. The Balaban J connectivity index is 1.90. The average Bonchev–Trinajstić information content (AvgIpc) is 2.94. The van der Waals surface area contributed by atoms with Crippen molar-refractivity contribution in [3.05, 3.63) is 57.9 Å². The lowest BCUT2D eigenvalue weighted by Crippen LogP contribution is -2.21. The van der Waals surface area contributed by atoms with Gasteiger partial charge in [0.05, 0.1) is 16.8 Å². The fourth-order valence-corrected chi connectivity index (χ4v) is 3.95. The van der Waals surface area contributed by atoms with E-state index in [4.69, 9.17) is 9.47 Å². The molecule has 1 aromatic heterocycles. The molecule has 3 rings (SSSR count). The molecule has 0 fully saturated rings. The van der Waals surface area contributed by atoms with Crippen LogP contribution in [0.2, 0.25) is 0 Å². The Hall–Kier alpha value is -2.44. The van der Waals surface area contributed by atoms with Crippen LogP contribution in [0.4, 0.5) is 0 Å². The molecule has 0 saturated carbocycles. The Bertz CT molecular complexity index is 1030. The van der Waals surface area contributed by atoms with Gasteiger partial charge in [-0.25, -0.2) is 0 Å². The summed E-state index contributed by atoms with van der Waals surface area (Å²) in [6, 6.07) is 11.9. The number of aryl methyl sites for hydroxylation is 3. The Morgan fingerprint density at radius 3 is 2.67 bits per heavy atom. The van der Waals surface area contributed by atoms with Gasteiger partial charge in [-0.2, -0.15) is 4.99 Å². The molecule has 27 heavy (non-hydrogen) atoms. The molecule has 1 heterocycles. The number of carbonyl (C=O) groups excluding carboxylic acids is 1. The Morgan fingerprint density at radius 2 is 1.93 bits per heavy atom. The van der Waals surface area contributed by atoms with Gasteiger partial charge >= 0.3 is 0 Å². The lowest BCUT2D eigenvalue weighted by molar-refractivity contribution is -0.120. The van der Waals surface area contributed by atoms with Crippen molar-refractivity contribution in [2.75, 3.05) is 20.3 Å². The quantitative estimate of drug-likeness (QED) is 0.650. The zero-order chi connectivity index (χ0) is 19.4. The molecular weight excluding hydrogens is 360 g/mol. The topological polar surface area (TPSA) is 52.8 Å². The standard InChI is InChI=1S/C21H24N2O3S/c1-14-6-5-7-17(10-14)26-13-20(24)22-21-23(8-9-25-4)18-11-15(2)16(3)12-19(18)27-21/h5-7,10-12H,8-9,13H2,1-4H3. The Labute approximate surface area is 162 Å². The third-order valence-electron chi connectivity index (χ3n) is 4.39. The third-order valence-corrected chi connectivity index (χ3v) is 5.43. The smallest absolute Gasteiger partial charge is 0.286 e. The lowest BCUT2D eigenvalue weighted by atomic mass is 10.1. The van der Waals surface area contributed by atoms with E-state index in [9.17, 15) is 4.79 Å². The molecule has 0 unspecified atom stereocenters. The summed E-state index contributed by atoms with van der Waals surface area (Å²) in [5.41, 5.74) is 4.60. The minimum absolute atomic E-state index is 0.0833. The summed E-state index contributed by atoms with van der Waals surface area (Å²) < 4.78 is 14.0. The summed E-state index contributed by atoms with van der Waals surface area (Å²) in [5.74, 6) is 0.371. The van der Waals surface area contributed by atoms with Crippen LogP contribution in [0.5, 0.6) is 5.75 Å². The molecule has 2 aromatic carbocycles. The van der Waals surface area contributed by atoms with E-state index in [1.54, 1.807) is 7.11 Å². The Kier molecular flexibility index (Phi) is 6.08. The highest BCUT2D eigenvalue weighted by molar-refractivity contribution is 7.16. The third kappa shape index (κ3) is 4.64. The van der Waals surface area contributed by atoms with Crippen LogP contribution in [0.3, 0.4) is 0 Å². The van der Waals surface area contributed by atoms with Crippen LogP contribution in [0.25, 0.3) is 10.2 Å². The molecule has 5 nitrogen and oxygen atoms in total. The zero-order valence-electron chi connectivity index (χ0n) is 16.1. The number of aromatic nitrogens is 1. The van der Waals surface area contributed by atoms with E-state index in [0.717, 1.165) is 15.8 Å². The summed E-state index contributed by atoms with van der Waals surface area (Å²) in [6.07, 6.45) is 0. The maximum Gasteiger partial charge on any atom is 0.286 e. The number of thiazole rings is 1. The largest absolute Gasteiger partial charge is 0.484 e. The normalized spacial score (nSPS) is 11.9. The molecule has 0 aliphatic heterocycles. The second-order valence-corrected chi connectivity index (χ2v) is 7.55. The highest BCUT2D eigenvalue weighted by Gasteiger charge is 2.10. The summed E-state index contributed by atoms with van der Waals surface area (Å²) in [7, 11) is 1.67. The number of rotatable bonds is 6. The van der Waals surface area contributed by atoms with Gasteiger partial charge in [-0.3, -0.25) is 4.79 Å². The number of hydrogen-bond donors (Lipinski definition) is 0. The van der Waals surface area contributed by atoms with Crippen molar-refractivity contribution >= 4 is 27.5 Å². The van der Waals surface area contributed by atoms with E-state index in [1.807, 2.05) is 35.8 Å². The van der Waals surface area contributed by atoms with Crippen molar-refractivity contribution in [3.8, 4) is 5.75 Å². The number of nitrogens with zero attached hydrogens (tertiary/aromatic N) is 2. The molecule has 3 aromatic rings. The van der Waals surface area contributed by atoms with Crippen molar-refractivity contribution in [1.82, 2.24) is 4.57 Å². The highest BCUT2D eigenvalue weighted by atomic mass is 32.1.